The lowest BCUT2D eigenvalue weighted by atomic mass is 10.0. The number of rotatable bonds is 4. The van der Waals surface area contributed by atoms with Crippen molar-refractivity contribution in [2.24, 2.45) is 5.92 Å². The van der Waals surface area contributed by atoms with E-state index in [0.29, 0.717) is 6.10 Å². The van der Waals surface area contributed by atoms with E-state index >= 15 is 0 Å². The highest BCUT2D eigenvalue weighted by molar-refractivity contribution is 4.72. The van der Waals surface area contributed by atoms with Gasteiger partial charge in [0.1, 0.15) is 0 Å². The van der Waals surface area contributed by atoms with Crippen LogP contribution in [-0.2, 0) is 4.74 Å². The van der Waals surface area contributed by atoms with E-state index in [1.165, 1.54) is 32.1 Å². The van der Waals surface area contributed by atoms with E-state index in [9.17, 15) is 0 Å². The van der Waals surface area contributed by atoms with Crippen molar-refractivity contribution < 1.29 is 4.74 Å². The summed E-state index contributed by atoms with van der Waals surface area (Å²) in [5.41, 5.74) is 0. The molecule has 1 fully saturated rings. The van der Waals surface area contributed by atoms with E-state index in [1.54, 1.807) is 0 Å². The monoisotopic (exact) mass is 156 g/mol. The highest BCUT2D eigenvalue weighted by Crippen LogP contribution is 2.25. The smallest absolute Gasteiger partial charge is 0.0578 e. The fraction of sp³-hybridized carbons (Fsp3) is 1.00. The van der Waals surface area contributed by atoms with Crippen molar-refractivity contribution in [2.75, 3.05) is 6.61 Å². The lowest BCUT2D eigenvalue weighted by Crippen LogP contribution is -2.03. The Bertz CT molecular complexity index is 101. The number of ether oxygens (including phenoxy) is 1. The summed E-state index contributed by atoms with van der Waals surface area (Å²) in [6.07, 6.45) is 7.13. The molecule has 1 heterocycles. The molecule has 2 unspecified atom stereocenters. The molecule has 0 N–H and O–H groups in total. The van der Waals surface area contributed by atoms with Gasteiger partial charge in [0.2, 0.25) is 0 Å². The molecule has 0 aromatic carbocycles. The zero-order chi connectivity index (χ0) is 8.10. The average molecular weight is 156 g/mol. The fourth-order valence-electron chi connectivity index (χ4n) is 1.70. The predicted octanol–water partition coefficient (Wildman–Crippen LogP) is 2.99. The number of hydrogen-bond acceptors (Lipinski definition) is 1. The molecule has 0 aromatic rings. The molecule has 0 aliphatic carbocycles. The van der Waals surface area contributed by atoms with E-state index < -0.39 is 0 Å². The van der Waals surface area contributed by atoms with Gasteiger partial charge in [0.15, 0.2) is 0 Å². The fourth-order valence-corrected chi connectivity index (χ4v) is 1.70. The Morgan fingerprint density at radius 2 is 2.18 bits per heavy atom. The van der Waals surface area contributed by atoms with Crippen LogP contribution in [0.1, 0.15) is 46.0 Å². The first-order valence-electron chi connectivity index (χ1n) is 4.98. The van der Waals surface area contributed by atoms with Crippen molar-refractivity contribution >= 4 is 0 Å². The van der Waals surface area contributed by atoms with Crippen LogP contribution in [0.2, 0.25) is 0 Å². The standard InChI is InChI=1S/C10H20O/c1-3-5-6-10-7-9(4-2)8-11-10/h9-10H,3-8H2,1-2H3. The Morgan fingerprint density at radius 1 is 1.36 bits per heavy atom. The summed E-state index contributed by atoms with van der Waals surface area (Å²) in [5.74, 6) is 0.858. The molecule has 11 heavy (non-hydrogen) atoms. The van der Waals surface area contributed by atoms with Crippen LogP contribution >= 0.6 is 0 Å². The van der Waals surface area contributed by atoms with Gasteiger partial charge in [0.25, 0.3) is 0 Å². The Labute approximate surface area is 70.1 Å². The van der Waals surface area contributed by atoms with Gasteiger partial charge in [-0.2, -0.15) is 0 Å². The maximum Gasteiger partial charge on any atom is 0.0578 e. The molecule has 66 valence electrons. The van der Waals surface area contributed by atoms with E-state index in [-0.39, 0.29) is 0 Å². The predicted molar refractivity (Wildman–Crippen MR) is 47.7 cm³/mol. The SMILES string of the molecule is CCCCC1CC(CC)CO1. The van der Waals surface area contributed by atoms with Crippen molar-refractivity contribution in [1.29, 1.82) is 0 Å². The van der Waals surface area contributed by atoms with Gasteiger partial charge in [-0.25, -0.2) is 0 Å². The topological polar surface area (TPSA) is 9.23 Å². The molecular weight excluding hydrogens is 136 g/mol. The highest BCUT2D eigenvalue weighted by atomic mass is 16.5. The maximum absolute atomic E-state index is 5.66. The molecule has 1 aliphatic rings. The Kier molecular flexibility index (Phi) is 3.92. The Hall–Kier alpha value is -0.0400. The summed E-state index contributed by atoms with van der Waals surface area (Å²) in [4.78, 5) is 0. The van der Waals surface area contributed by atoms with Crippen molar-refractivity contribution in [3.05, 3.63) is 0 Å². The van der Waals surface area contributed by atoms with Gasteiger partial charge in [0, 0.05) is 6.61 Å². The van der Waals surface area contributed by atoms with Crippen LogP contribution in [0.3, 0.4) is 0 Å². The zero-order valence-electron chi connectivity index (χ0n) is 7.81. The van der Waals surface area contributed by atoms with Gasteiger partial charge in [-0.05, 0) is 18.8 Å². The van der Waals surface area contributed by atoms with E-state index in [1.807, 2.05) is 0 Å². The van der Waals surface area contributed by atoms with Crippen molar-refractivity contribution in [1.82, 2.24) is 0 Å². The molecule has 0 spiro atoms. The van der Waals surface area contributed by atoms with Gasteiger partial charge in [0.05, 0.1) is 6.10 Å². The number of unbranched alkanes of at least 4 members (excludes halogenated alkanes) is 1. The minimum atomic E-state index is 0.597. The summed E-state index contributed by atoms with van der Waals surface area (Å²) in [7, 11) is 0. The molecule has 0 bridgehead atoms. The molecular formula is C10H20O. The van der Waals surface area contributed by atoms with Gasteiger partial charge in [-0.1, -0.05) is 33.1 Å². The first-order valence-corrected chi connectivity index (χ1v) is 4.98. The molecule has 2 atom stereocenters. The van der Waals surface area contributed by atoms with E-state index in [4.69, 9.17) is 4.74 Å². The van der Waals surface area contributed by atoms with Gasteiger partial charge >= 0.3 is 0 Å². The van der Waals surface area contributed by atoms with Crippen LogP contribution in [0, 0.1) is 5.92 Å². The van der Waals surface area contributed by atoms with E-state index in [2.05, 4.69) is 13.8 Å². The lowest BCUT2D eigenvalue weighted by molar-refractivity contribution is 0.0981. The largest absolute Gasteiger partial charge is 0.378 e. The van der Waals surface area contributed by atoms with Crippen LogP contribution in [0.15, 0.2) is 0 Å². The normalized spacial score (nSPS) is 31.1. The molecule has 1 heteroatoms. The third kappa shape index (κ3) is 2.82. The molecule has 1 saturated heterocycles. The molecule has 0 saturated carbocycles. The molecule has 0 amide bonds. The third-order valence-electron chi connectivity index (χ3n) is 2.62. The molecule has 0 aromatic heterocycles. The van der Waals surface area contributed by atoms with Crippen molar-refractivity contribution in [2.45, 2.75) is 52.1 Å². The second-order valence-corrected chi connectivity index (χ2v) is 3.61. The minimum absolute atomic E-state index is 0.597. The first-order chi connectivity index (χ1) is 5.36. The van der Waals surface area contributed by atoms with Gasteiger partial charge < -0.3 is 4.74 Å². The van der Waals surface area contributed by atoms with Gasteiger partial charge in [-0.3, -0.25) is 0 Å². The second-order valence-electron chi connectivity index (χ2n) is 3.61. The van der Waals surface area contributed by atoms with Crippen molar-refractivity contribution in [3.63, 3.8) is 0 Å². The molecule has 1 aliphatic heterocycles. The molecule has 1 nitrogen and oxygen atoms in total. The molecule has 0 radical (unpaired) electrons. The maximum atomic E-state index is 5.66. The molecule has 1 rings (SSSR count). The lowest BCUT2D eigenvalue weighted by Gasteiger charge is -2.06. The highest BCUT2D eigenvalue weighted by Gasteiger charge is 2.22. The zero-order valence-corrected chi connectivity index (χ0v) is 7.81. The van der Waals surface area contributed by atoms with Crippen LogP contribution in [-0.4, -0.2) is 12.7 Å². The summed E-state index contributed by atoms with van der Waals surface area (Å²) >= 11 is 0. The minimum Gasteiger partial charge on any atom is -0.378 e. The number of hydrogen-bond donors (Lipinski definition) is 0. The Balaban J connectivity index is 2.09. The summed E-state index contributed by atoms with van der Waals surface area (Å²) in [6.45, 7) is 5.52. The summed E-state index contributed by atoms with van der Waals surface area (Å²) in [6, 6.07) is 0. The van der Waals surface area contributed by atoms with Crippen LogP contribution in [0.5, 0.6) is 0 Å². The van der Waals surface area contributed by atoms with Crippen LogP contribution in [0.4, 0.5) is 0 Å². The third-order valence-corrected chi connectivity index (χ3v) is 2.62. The van der Waals surface area contributed by atoms with Crippen molar-refractivity contribution in [3.8, 4) is 0 Å². The van der Waals surface area contributed by atoms with Crippen LogP contribution in [0.25, 0.3) is 0 Å². The van der Waals surface area contributed by atoms with E-state index in [0.717, 1.165) is 12.5 Å². The first kappa shape index (κ1) is 9.05. The van der Waals surface area contributed by atoms with Gasteiger partial charge in [-0.15, -0.1) is 0 Å². The van der Waals surface area contributed by atoms with Crippen LogP contribution < -0.4 is 0 Å². The second kappa shape index (κ2) is 4.76. The summed E-state index contributed by atoms with van der Waals surface area (Å²) in [5, 5.41) is 0. The quantitative estimate of drug-likeness (QED) is 0.608. The average Bonchev–Trinajstić information content (AvgIpc) is 2.48. The summed E-state index contributed by atoms with van der Waals surface area (Å²) < 4.78 is 5.66. The Morgan fingerprint density at radius 3 is 2.73 bits per heavy atom.